The Labute approximate surface area is 152 Å². The highest BCUT2D eigenvalue weighted by Gasteiger charge is 2.23. The Hall–Kier alpha value is -1.96. The summed E-state index contributed by atoms with van der Waals surface area (Å²) >= 11 is 0. The van der Waals surface area contributed by atoms with Gasteiger partial charge < -0.3 is 10.2 Å². The molecule has 0 bridgehead atoms. The van der Waals surface area contributed by atoms with Crippen molar-refractivity contribution in [1.29, 1.82) is 0 Å². The van der Waals surface area contributed by atoms with Gasteiger partial charge in [0.15, 0.2) is 0 Å². The van der Waals surface area contributed by atoms with Crippen molar-refractivity contribution in [1.82, 2.24) is 0 Å². The second-order valence-corrected chi connectivity index (χ2v) is 9.01. The molecule has 0 aliphatic heterocycles. The number of phenolic OH excluding ortho intramolecular Hbond substituents is 2. The number of rotatable bonds is 3. The largest absolute Gasteiger partial charge is 0.508 e. The van der Waals surface area contributed by atoms with Gasteiger partial charge in [-0.05, 0) is 51.6 Å². The van der Waals surface area contributed by atoms with Crippen LogP contribution in [0.25, 0.3) is 0 Å². The molecule has 2 N–H and O–H groups in total. The van der Waals surface area contributed by atoms with Gasteiger partial charge in [0.05, 0.1) is 0 Å². The molecule has 2 rings (SSSR count). The zero-order valence-corrected chi connectivity index (χ0v) is 16.6. The summed E-state index contributed by atoms with van der Waals surface area (Å²) in [7, 11) is 0. The Morgan fingerprint density at radius 2 is 1.08 bits per heavy atom. The highest BCUT2D eigenvalue weighted by Crippen LogP contribution is 2.38. The van der Waals surface area contributed by atoms with Gasteiger partial charge in [-0.2, -0.15) is 0 Å². The predicted octanol–water partition coefficient (Wildman–Crippen LogP) is 6.23. The van der Waals surface area contributed by atoms with Crippen molar-refractivity contribution >= 4 is 0 Å². The second-order valence-electron chi connectivity index (χ2n) is 9.01. The van der Waals surface area contributed by atoms with Gasteiger partial charge in [-0.15, -0.1) is 0 Å². The zero-order chi connectivity index (χ0) is 19.0. The number of phenols is 2. The molecule has 25 heavy (non-hydrogen) atoms. The molecule has 0 atom stereocenters. The van der Waals surface area contributed by atoms with Crippen LogP contribution in [0.15, 0.2) is 36.4 Å². The van der Waals surface area contributed by atoms with Gasteiger partial charge in [0.25, 0.3) is 0 Å². The molecular weight excluding hydrogens is 308 g/mol. The van der Waals surface area contributed by atoms with Gasteiger partial charge in [0, 0.05) is 5.92 Å². The van der Waals surface area contributed by atoms with Crippen LogP contribution in [0, 0.1) is 0 Å². The summed E-state index contributed by atoms with van der Waals surface area (Å²) in [5.74, 6) is 0.947. The van der Waals surface area contributed by atoms with Crippen LogP contribution in [0.2, 0.25) is 0 Å². The van der Waals surface area contributed by atoms with E-state index >= 15 is 0 Å². The molecule has 2 nitrogen and oxygen atoms in total. The van der Waals surface area contributed by atoms with E-state index in [2.05, 4.69) is 60.6 Å². The average molecular weight is 341 g/mol. The fourth-order valence-electron chi connectivity index (χ4n) is 3.41. The van der Waals surface area contributed by atoms with Crippen LogP contribution in [0.1, 0.15) is 83.1 Å². The summed E-state index contributed by atoms with van der Waals surface area (Å²) in [4.78, 5) is 0. The third-order valence-corrected chi connectivity index (χ3v) is 4.87. The van der Waals surface area contributed by atoms with E-state index in [4.69, 9.17) is 0 Å². The van der Waals surface area contributed by atoms with Gasteiger partial charge >= 0.3 is 0 Å². The van der Waals surface area contributed by atoms with Crippen LogP contribution in [0.3, 0.4) is 0 Å². The Bertz CT molecular complexity index is 682. The maximum atomic E-state index is 10.2. The van der Waals surface area contributed by atoms with Crippen LogP contribution in [-0.4, -0.2) is 10.2 Å². The first kappa shape index (κ1) is 19.4. The van der Waals surface area contributed by atoms with Gasteiger partial charge in [-0.25, -0.2) is 0 Å². The van der Waals surface area contributed by atoms with Gasteiger partial charge in [0.2, 0.25) is 0 Å². The number of benzene rings is 2. The molecule has 0 aliphatic carbocycles. The summed E-state index contributed by atoms with van der Waals surface area (Å²) < 4.78 is 0. The Balaban J connectivity index is 2.55. The molecule has 0 fully saturated rings. The van der Waals surface area contributed by atoms with Crippen LogP contribution >= 0.6 is 0 Å². The molecule has 0 aliphatic rings. The van der Waals surface area contributed by atoms with Gasteiger partial charge in [-0.1, -0.05) is 72.7 Å². The maximum absolute atomic E-state index is 10.2. The first-order chi connectivity index (χ1) is 11.4. The Morgan fingerprint density at radius 1 is 0.720 bits per heavy atom. The fraction of sp³-hybridized carbons (Fsp3) is 0.478. The summed E-state index contributed by atoms with van der Waals surface area (Å²) in [6, 6.07) is 11.9. The predicted molar refractivity (Wildman–Crippen MR) is 106 cm³/mol. The molecule has 0 aromatic heterocycles. The van der Waals surface area contributed by atoms with E-state index < -0.39 is 0 Å². The lowest BCUT2D eigenvalue weighted by molar-refractivity contribution is 0.446. The third kappa shape index (κ3) is 4.18. The molecule has 2 aromatic rings. The smallest absolute Gasteiger partial charge is 0.119 e. The minimum absolute atomic E-state index is 0.107. The van der Waals surface area contributed by atoms with Crippen molar-refractivity contribution in [2.24, 2.45) is 0 Å². The van der Waals surface area contributed by atoms with Crippen molar-refractivity contribution in [3.63, 3.8) is 0 Å². The molecule has 136 valence electrons. The second kappa shape index (κ2) is 6.74. The van der Waals surface area contributed by atoms with Crippen LogP contribution in [0.4, 0.5) is 0 Å². The van der Waals surface area contributed by atoms with Gasteiger partial charge in [-0.3, -0.25) is 0 Å². The van der Waals surface area contributed by atoms with Crippen LogP contribution in [0.5, 0.6) is 11.5 Å². The van der Waals surface area contributed by atoms with E-state index in [-0.39, 0.29) is 16.7 Å². The lowest BCUT2D eigenvalue weighted by Gasteiger charge is -2.26. The highest BCUT2D eigenvalue weighted by atomic mass is 16.3. The fourth-order valence-corrected chi connectivity index (χ4v) is 3.41. The molecular formula is C23H32O2. The standard InChI is InChI=1S/C23H32O2/c1-8-17(15-9-11-20(24)18(13-15)22(2,3)4)16-10-12-21(25)19(14-16)23(5,6)7/h9-14,17,24-25H,8H2,1-7H3. The molecule has 0 radical (unpaired) electrons. The Kier molecular flexibility index (Phi) is 5.22. The molecule has 0 unspecified atom stereocenters. The Morgan fingerprint density at radius 3 is 1.36 bits per heavy atom. The number of hydrogen-bond donors (Lipinski definition) is 2. The van der Waals surface area contributed by atoms with Crippen molar-refractivity contribution in [2.75, 3.05) is 0 Å². The van der Waals surface area contributed by atoms with Crippen molar-refractivity contribution < 1.29 is 10.2 Å². The first-order valence-corrected chi connectivity index (χ1v) is 9.12. The number of aromatic hydroxyl groups is 2. The summed E-state index contributed by atoms with van der Waals surface area (Å²) in [6.07, 6.45) is 0.961. The topological polar surface area (TPSA) is 40.5 Å². The maximum Gasteiger partial charge on any atom is 0.119 e. The van der Waals surface area contributed by atoms with E-state index in [0.717, 1.165) is 17.5 Å². The molecule has 0 saturated carbocycles. The monoisotopic (exact) mass is 340 g/mol. The SMILES string of the molecule is CCC(c1ccc(O)c(C(C)(C)C)c1)c1ccc(O)c(C(C)(C)C)c1. The van der Waals surface area contributed by atoms with Gasteiger partial charge in [0.1, 0.15) is 11.5 Å². The minimum Gasteiger partial charge on any atom is -0.508 e. The lowest BCUT2D eigenvalue weighted by atomic mass is 9.79. The van der Waals surface area contributed by atoms with Crippen LogP contribution < -0.4 is 0 Å². The lowest BCUT2D eigenvalue weighted by Crippen LogP contribution is -2.14. The summed E-state index contributed by atoms with van der Waals surface area (Å²) in [5.41, 5.74) is 4.14. The van der Waals surface area contributed by atoms with E-state index in [1.54, 1.807) is 0 Å². The van der Waals surface area contributed by atoms with Crippen molar-refractivity contribution in [3.05, 3.63) is 58.7 Å². The average Bonchev–Trinajstić information content (AvgIpc) is 2.48. The number of hydrogen-bond acceptors (Lipinski definition) is 2. The summed E-state index contributed by atoms with van der Waals surface area (Å²) in [5, 5.41) is 20.5. The first-order valence-electron chi connectivity index (χ1n) is 9.12. The highest BCUT2D eigenvalue weighted by molar-refractivity contribution is 5.47. The molecule has 2 aromatic carbocycles. The third-order valence-electron chi connectivity index (χ3n) is 4.87. The van der Waals surface area contributed by atoms with E-state index in [0.29, 0.717) is 11.5 Å². The molecule has 0 amide bonds. The minimum atomic E-state index is -0.107. The molecule has 0 spiro atoms. The molecule has 2 heteroatoms. The zero-order valence-electron chi connectivity index (χ0n) is 16.6. The molecule has 0 saturated heterocycles. The normalized spacial score (nSPS) is 12.6. The quantitative estimate of drug-likeness (QED) is 0.695. The molecule has 0 heterocycles. The summed E-state index contributed by atoms with van der Waals surface area (Å²) in [6.45, 7) is 14.9. The van der Waals surface area contributed by atoms with Crippen LogP contribution in [-0.2, 0) is 10.8 Å². The van der Waals surface area contributed by atoms with E-state index in [1.807, 2.05) is 24.3 Å². The van der Waals surface area contributed by atoms with Crippen molar-refractivity contribution in [3.8, 4) is 11.5 Å². The van der Waals surface area contributed by atoms with Crippen molar-refractivity contribution in [2.45, 2.75) is 71.6 Å². The van der Waals surface area contributed by atoms with E-state index in [9.17, 15) is 10.2 Å². The van der Waals surface area contributed by atoms with E-state index in [1.165, 1.54) is 11.1 Å².